The highest BCUT2D eigenvalue weighted by molar-refractivity contribution is 5.88. The van der Waals surface area contributed by atoms with E-state index >= 15 is 0 Å². The van der Waals surface area contributed by atoms with Gasteiger partial charge in [0.1, 0.15) is 11.3 Å². The smallest absolute Gasteiger partial charge is 0.240 e. The van der Waals surface area contributed by atoms with E-state index in [0.29, 0.717) is 26.0 Å². The van der Waals surface area contributed by atoms with Crippen LogP contribution >= 0.6 is 0 Å². The van der Waals surface area contributed by atoms with Gasteiger partial charge in [-0.05, 0) is 27.2 Å². The van der Waals surface area contributed by atoms with E-state index in [9.17, 15) is 4.79 Å². The number of nitrogens with one attached hydrogen (secondary N) is 1. The fourth-order valence-electron chi connectivity index (χ4n) is 3.14. The van der Waals surface area contributed by atoms with Crippen molar-refractivity contribution in [1.82, 2.24) is 10.5 Å². The highest BCUT2D eigenvalue weighted by Gasteiger charge is 2.62. The molecule has 6 heteroatoms. The Hall–Kier alpha value is -1.40. The number of nitrogens with zero attached hydrogens (tertiary/aromatic N) is 1. The Morgan fingerprint density at radius 1 is 1.50 bits per heavy atom. The molecule has 1 saturated carbocycles. The Kier molecular flexibility index (Phi) is 4.63. The zero-order valence-corrected chi connectivity index (χ0v) is 14.2. The number of hydrogen-bond donors (Lipinski definition) is 2. The minimum absolute atomic E-state index is 0.0378. The third kappa shape index (κ3) is 2.65. The molecule has 0 radical (unpaired) electrons. The van der Waals surface area contributed by atoms with Crippen LogP contribution in [0.2, 0.25) is 0 Å². The van der Waals surface area contributed by atoms with Crippen LogP contribution in [0, 0.1) is 19.3 Å². The minimum atomic E-state index is -0.869. The molecule has 124 valence electrons. The first-order chi connectivity index (χ1) is 10.2. The number of hydrogen-bond acceptors (Lipinski definition) is 5. The van der Waals surface area contributed by atoms with E-state index < -0.39 is 5.54 Å². The summed E-state index contributed by atoms with van der Waals surface area (Å²) in [7, 11) is 0. The predicted molar refractivity (Wildman–Crippen MR) is 83.4 cm³/mol. The molecule has 1 aromatic rings. The van der Waals surface area contributed by atoms with Crippen molar-refractivity contribution < 1.29 is 14.1 Å². The molecule has 1 amide bonds. The molecule has 0 bridgehead atoms. The monoisotopic (exact) mass is 309 g/mol. The van der Waals surface area contributed by atoms with Crippen molar-refractivity contribution in [2.45, 2.75) is 59.1 Å². The molecule has 1 aliphatic rings. The van der Waals surface area contributed by atoms with Crippen LogP contribution in [0.3, 0.4) is 0 Å². The first kappa shape index (κ1) is 17.0. The Morgan fingerprint density at radius 3 is 2.68 bits per heavy atom. The summed E-state index contributed by atoms with van der Waals surface area (Å²) >= 11 is 0. The summed E-state index contributed by atoms with van der Waals surface area (Å²) in [6.45, 7) is 10.9. The number of aromatic nitrogens is 1. The van der Waals surface area contributed by atoms with E-state index in [1.165, 1.54) is 0 Å². The number of ether oxygens (including phenoxy) is 1. The van der Waals surface area contributed by atoms with Gasteiger partial charge >= 0.3 is 0 Å². The van der Waals surface area contributed by atoms with Gasteiger partial charge in [0.05, 0.1) is 11.8 Å². The normalized spacial score (nSPS) is 26.5. The second kappa shape index (κ2) is 6.01. The number of nitrogens with two attached hydrogens (primary N) is 1. The Morgan fingerprint density at radius 2 is 2.18 bits per heavy atom. The molecule has 2 unspecified atom stereocenters. The van der Waals surface area contributed by atoms with Crippen LogP contribution in [-0.2, 0) is 16.0 Å². The molecule has 1 aromatic heterocycles. The Balaban J connectivity index is 1.90. The summed E-state index contributed by atoms with van der Waals surface area (Å²) in [6, 6.07) is 0. The van der Waals surface area contributed by atoms with Crippen molar-refractivity contribution in [1.29, 1.82) is 0 Å². The van der Waals surface area contributed by atoms with Crippen LogP contribution in [0.25, 0.3) is 0 Å². The quantitative estimate of drug-likeness (QED) is 0.830. The van der Waals surface area contributed by atoms with Gasteiger partial charge in [0.15, 0.2) is 0 Å². The van der Waals surface area contributed by atoms with Gasteiger partial charge in [-0.1, -0.05) is 19.0 Å². The van der Waals surface area contributed by atoms with Crippen LogP contribution in [0.1, 0.15) is 44.2 Å². The summed E-state index contributed by atoms with van der Waals surface area (Å²) in [5, 5.41) is 6.86. The first-order valence-corrected chi connectivity index (χ1v) is 7.84. The van der Waals surface area contributed by atoms with Gasteiger partial charge in [0, 0.05) is 30.6 Å². The summed E-state index contributed by atoms with van der Waals surface area (Å²) < 4.78 is 10.8. The minimum Gasteiger partial charge on any atom is -0.378 e. The third-order valence-corrected chi connectivity index (χ3v) is 5.08. The lowest BCUT2D eigenvalue weighted by molar-refractivity contribution is -0.170. The maximum atomic E-state index is 12.5. The lowest BCUT2D eigenvalue weighted by Crippen LogP contribution is -2.75. The van der Waals surface area contributed by atoms with Gasteiger partial charge in [0.25, 0.3) is 0 Å². The van der Waals surface area contributed by atoms with Crippen molar-refractivity contribution in [2.24, 2.45) is 11.1 Å². The van der Waals surface area contributed by atoms with Gasteiger partial charge in [-0.25, -0.2) is 0 Å². The van der Waals surface area contributed by atoms with Crippen molar-refractivity contribution in [2.75, 3.05) is 13.2 Å². The fraction of sp³-hybridized carbons (Fsp3) is 0.750. The molecule has 0 aliphatic heterocycles. The molecule has 1 fully saturated rings. The van der Waals surface area contributed by atoms with Gasteiger partial charge < -0.3 is 20.3 Å². The zero-order chi connectivity index (χ0) is 16.5. The lowest BCUT2D eigenvalue weighted by Gasteiger charge is -2.57. The lowest BCUT2D eigenvalue weighted by atomic mass is 9.54. The number of amides is 1. The molecule has 3 N–H and O–H groups in total. The average molecular weight is 309 g/mol. The van der Waals surface area contributed by atoms with E-state index in [1.54, 1.807) is 0 Å². The molecule has 2 atom stereocenters. The number of rotatable bonds is 6. The van der Waals surface area contributed by atoms with Crippen molar-refractivity contribution in [3.63, 3.8) is 0 Å². The van der Waals surface area contributed by atoms with Crippen molar-refractivity contribution in [3.05, 3.63) is 17.0 Å². The van der Waals surface area contributed by atoms with Crippen LogP contribution in [0.5, 0.6) is 0 Å². The van der Waals surface area contributed by atoms with Crippen LogP contribution in [0.15, 0.2) is 4.52 Å². The SMILES string of the molecule is CCOC1CC(N)(C(=O)NCCc2c(C)noc2C)C1(C)C. The maximum Gasteiger partial charge on any atom is 0.240 e. The van der Waals surface area contributed by atoms with E-state index in [4.69, 9.17) is 15.0 Å². The topological polar surface area (TPSA) is 90.4 Å². The molecule has 2 rings (SSSR count). The maximum absolute atomic E-state index is 12.5. The van der Waals surface area contributed by atoms with Crippen LogP contribution in [-0.4, -0.2) is 35.9 Å². The van der Waals surface area contributed by atoms with Crippen molar-refractivity contribution >= 4 is 5.91 Å². The molecule has 0 saturated heterocycles. The van der Waals surface area contributed by atoms with Gasteiger partial charge in [0.2, 0.25) is 5.91 Å². The molecular formula is C16H27N3O3. The molecule has 6 nitrogen and oxygen atoms in total. The predicted octanol–water partition coefficient (Wildman–Crippen LogP) is 1.48. The van der Waals surface area contributed by atoms with Gasteiger partial charge in [-0.3, -0.25) is 4.79 Å². The van der Waals surface area contributed by atoms with E-state index in [0.717, 1.165) is 17.0 Å². The standard InChI is InChI=1S/C16H27N3O3/c1-6-21-13-9-16(17,15(13,4)5)14(20)18-8-7-12-10(2)19-22-11(12)3/h13H,6-9,17H2,1-5H3,(H,18,20). The highest BCUT2D eigenvalue weighted by Crippen LogP contribution is 2.49. The van der Waals surface area contributed by atoms with Gasteiger partial charge in [-0.15, -0.1) is 0 Å². The van der Waals surface area contributed by atoms with E-state index in [1.807, 2.05) is 34.6 Å². The zero-order valence-electron chi connectivity index (χ0n) is 14.2. The highest BCUT2D eigenvalue weighted by atomic mass is 16.5. The second-order valence-electron chi connectivity index (χ2n) is 6.65. The molecule has 0 aromatic carbocycles. The molecule has 0 spiro atoms. The average Bonchev–Trinajstić information content (AvgIpc) is 2.78. The number of carbonyl (C=O) groups is 1. The fourth-order valence-corrected chi connectivity index (χ4v) is 3.14. The first-order valence-electron chi connectivity index (χ1n) is 7.84. The largest absolute Gasteiger partial charge is 0.378 e. The molecule has 1 heterocycles. The van der Waals surface area contributed by atoms with Gasteiger partial charge in [-0.2, -0.15) is 0 Å². The second-order valence-corrected chi connectivity index (χ2v) is 6.65. The molecule has 1 aliphatic carbocycles. The van der Waals surface area contributed by atoms with Crippen molar-refractivity contribution in [3.8, 4) is 0 Å². The number of carbonyl (C=O) groups excluding carboxylic acids is 1. The molecular weight excluding hydrogens is 282 g/mol. The Labute approximate surface area is 131 Å². The summed E-state index contributed by atoms with van der Waals surface area (Å²) in [5.74, 6) is 0.690. The summed E-state index contributed by atoms with van der Waals surface area (Å²) in [5.41, 5.74) is 7.02. The Bertz CT molecular complexity index is 533. The summed E-state index contributed by atoms with van der Waals surface area (Å²) in [4.78, 5) is 12.5. The van der Waals surface area contributed by atoms with Crippen LogP contribution < -0.4 is 11.1 Å². The molecule has 22 heavy (non-hydrogen) atoms. The van der Waals surface area contributed by atoms with E-state index in [-0.39, 0.29) is 17.4 Å². The summed E-state index contributed by atoms with van der Waals surface area (Å²) in [6.07, 6.45) is 1.29. The van der Waals surface area contributed by atoms with Crippen LogP contribution in [0.4, 0.5) is 0 Å². The number of aryl methyl sites for hydroxylation is 2. The third-order valence-electron chi connectivity index (χ3n) is 5.08. The van der Waals surface area contributed by atoms with E-state index in [2.05, 4.69) is 10.5 Å².